The number of benzene rings is 5. The van der Waals surface area contributed by atoms with Crippen LogP contribution in [0.4, 0.5) is 0 Å². The van der Waals surface area contributed by atoms with Crippen molar-refractivity contribution >= 4 is 12.6 Å². The second kappa shape index (κ2) is 9.29. The molecular weight excluding hydrogens is 403 g/mol. The third-order valence-electron chi connectivity index (χ3n) is 5.94. The zero-order valence-electron chi connectivity index (χ0n) is 18.1. The fourth-order valence-corrected chi connectivity index (χ4v) is 4.38. The molecule has 5 aromatic rings. The van der Waals surface area contributed by atoms with Crippen molar-refractivity contribution in [3.63, 3.8) is 0 Å². The van der Waals surface area contributed by atoms with Gasteiger partial charge in [-0.2, -0.15) is 0 Å². The lowest BCUT2D eigenvalue weighted by Crippen LogP contribution is -2.29. The first kappa shape index (κ1) is 21.0. The highest BCUT2D eigenvalue weighted by atomic mass is 16.4. The van der Waals surface area contributed by atoms with Crippen molar-refractivity contribution in [1.82, 2.24) is 0 Å². The second-order valence-corrected chi connectivity index (χ2v) is 8.00. The number of hydrogen-bond acceptors (Lipinski definition) is 2. The van der Waals surface area contributed by atoms with Crippen molar-refractivity contribution in [2.24, 2.45) is 0 Å². The van der Waals surface area contributed by atoms with Crippen LogP contribution in [0.1, 0.15) is 0 Å². The Balaban J connectivity index is 1.70. The number of hydrogen-bond donors (Lipinski definition) is 2. The quantitative estimate of drug-likeness (QED) is 0.337. The van der Waals surface area contributed by atoms with Gasteiger partial charge in [0.1, 0.15) is 0 Å². The van der Waals surface area contributed by atoms with Crippen LogP contribution in [-0.4, -0.2) is 17.2 Å². The highest BCUT2D eigenvalue weighted by Gasteiger charge is 2.16. The lowest BCUT2D eigenvalue weighted by Gasteiger charge is -2.17. The fraction of sp³-hybridized carbons (Fsp3) is 0. The first-order chi connectivity index (χ1) is 16.2. The molecule has 2 nitrogen and oxygen atoms in total. The molecule has 158 valence electrons. The zero-order chi connectivity index (χ0) is 22.6. The lowest BCUT2D eigenvalue weighted by atomic mass is 9.78. The average molecular weight is 426 g/mol. The summed E-state index contributed by atoms with van der Waals surface area (Å²) in [7, 11) is -1.50. The first-order valence-corrected chi connectivity index (χ1v) is 11.0. The molecule has 0 atom stereocenters. The molecule has 33 heavy (non-hydrogen) atoms. The zero-order valence-corrected chi connectivity index (χ0v) is 18.1. The van der Waals surface area contributed by atoms with E-state index in [4.69, 9.17) is 0 Å². The molecule has 0 aromatic heterocycles. The van der Waals surface area contributed by atoms with Gasteiger partial charge in [-0.05, 0) is 50.0 Å². The summed E-state index contributed by atoms with van der Waals surface area (Å²) in [5.74, 6) is 0. The minimum atomic E-state index is -1.50. The monoisotopic (exact) mass is 426 g/mol. The first-order valence-electron chi connectivity index (χ1n) is 11.0. The van der Waals surface area contributed by atoms with Crippen LogP contribution >= 0.6 is 0 Å². The fourth-order valence-electron chi connectivity index (χ4n) is 4.38. The van der Waals surface area contributed by atoms with Gasteiger partial charge in [0, 0.05) is 0 Å². The summed E-state index contributed by atoms with van der Waals surface area (Å²) in [6.07, 6.45) is 0. The van der Waals surface area contributed by atoms with Gasteiger partial charge in [-0.15, -0.1) is 0 Å². The van der Waals surface area contributed by atoms with Gasteiger partial charge >= 0.3 is 7.12 Å². The molecule has 0 saturated heterocycles. The van der Waals surface area contributed by atoms with Gasteiger partial charge in [0.15, 0.2) is 0 Å². The van der Waals surface area contributed by atoms with E-state index in [2.05, 4.69) is 84.9 Å². The molecule has 0 bridgehead atoms. The number of rotatable bonds is 5. The van der Waals surface area contributed by atoms with Crippen LogP contribution in [0.5, 0.6) is 0 Å². The van der Waals surface area contributed by atoms with E-state index in [1.54, 1.807) is 6.07 Å². The summed E-state index contributed by atoms with van der Waals surface area (Å²) in [6.45, 7) is 0. The smallest absolute Gasteiger partial charge is 0.423 e. The molecule has 0 saturated carbocycles. The molecule has 0 radical (unpaired) electrons. The van der Waals surface area contributed by atoms with E-state index in [9.17, 15) is 10.0 Å². The average Bonchev–Trinajstić information content (AvgIpc) is 2.89. The van der Waals surface area contributed by atoms with Crippen molar-refractivity contribution in [1.29, 1.82) is 0 Å². The maximum absolute atomic E-state index is 9.67. The van der Waals surface area contributed by atoms with Crippen LogP contribution in [0, 0.1) is 0 Å². The van der Waals surface area contributed by atoms with Gasteiger partial charge < -0.3 is 10.0 Å². The van der Waals surface area contributed by atoms with E-state index >= 15 is 0 Å². The second-order valence-electron chi connectivity index (χ2n) is 8.00. The molecule has 0 aliphatic rings. The Kier molecular flexibility index (Phi) is 5.90. The Bertz CT molecular complexity index is 1390. The standard InChI is InChI=1S/C30H23BO2/c32-31(33)24-14-10-13-23(21-24)26-16-5-7-18-28(26)30-20-9-8-19-29(30)27-17-6-4-15-25(27)22-11-2-1-3-12-22/h1-21,32-33H. The molecule has 0 heterocycles. The van der Waals surface area contributed by atoms with Crippen molar-refractivity contribution in [2.75, 3.05) is 0 Å². The van der Waals surface area contributed by atoms with E-state index in [0.29, 0.717) is 5.46 Å². The molecule has 0 aliphatic heterocycles. The van der Waals surface area contributed by atoms with Crippen molar-refractivity contribution in [3.05, 3.63) is 127 Å². The Morgan fingerprint density at radius 2 is 0.758 bits per heavy atom. The third kappa shape index (κ3) is 4.25. The van der Waals surface area contributed by atoms with Gasteiger partial charge in [-0.1, -0.05) is 127 Å². The molecule has 2 N–H and O–H groups in total. The Hall–Kier alpha value is -3.92. The lowest BCUT2D eigenvalue weighted by molar-refractivity contribution is 0.426. The van der Waals surface area contributed by atoms with E-state index in [-0.39, 0.29) is 0 Å². The van der Waals surface area contributed by atoms with Gasteiger partial charge in [0.05, 0.1) is 0 Å². The summed E-state index contributed by atoms with van der Waals surface area (Å²) < 4.78 is 0. The van der Waals surface area contributed by atoms with Crippen molar-refractivity contribution in [2.45, 2.75) is 0 Å². The molecule has 0 fully saturated rings. The largest absolute Gasteiger partial charge is 0.488 e. The van der Waals surface area contributed by atoms with Gasteiger partial charge in [0.2, 0.25) is 0 Å². The summed E-state index contributed by atoms with van der Waals surface area (Å²) in [5.41, 5.74) is 9.40. The van der Waals surface area contributed by atoms with Crippen LogP contribution in [-0.2, 0) is 0 Å². The third-order valence-corrected chi connectivity index (χ3v) is 5.94. The van der Waals surface area contributed by atoms with Gasteiger partial charge in [0.25, 0.3) is 0 Å². The maximum Gasteiger partial charge on any atom is 0.488 e. The van der Waals surface area contributed by atoms with E-state index in [1.165, 1.54) is 16.7 Å². The maximum atomic E-state index is 9.67. The molecule has 0 aliphatic carbocycles. The summed E-state index contributed by atoms with van der Waals surface area (Å²) in [5, 5.41) is 19.3. The van der Waals surface area contributed by atoms with Gasteiger partial charge in [-0.3, -0.25) is 0 Å². The minimum absolute atomic E-state index is 0.477. The van der Waals surface area contributed by atoms with E-state index in [1.807, 2.05) is 36.4 Å². The highest BCUT2D eigenvalue weighted by molar-refractivity contribution is 6.58. The van der Waals surface area contributed by atoms with Crippen molar-refractivity contribution < 1.29 is 10.0 Å². The molecular formula is C30H23BO2. The molecule has 0 spiro atoms. The normalized spacial score (nSPS) is 10.7. The van der Waals surface area contributed by atoms with Crippen molar-refractivity contribution in [3.8, 4) is 44.5 Å². The summed E-state index contributed by atoms with van der Waals surface area (Å²) in [4.78, 5) is 0. The van der Waals surface area contributed by atoms with Crippen LogP contribution in [0.25, 0.3) is 44.5 Å². The van der Waals surface area contributed by atoms with Crippen LogP contribution in [0.3, 0.4) is 0 Å². The molecule has 5 rings (SSSR count). The Morgan fingerprint density at radius 1 is 0.364 bits per heavy atom. The minimum Gasteiger partial charge on any atom is -0.423 e. The predicted octanol–water partition coefficient (Wildman–Crippen LogP) is 6.03. The van der Waals surface area contributed by atoms with E-state index < -0.39 is 7.12 Å². The topological polar surface area (TPSA) is 40.5 Å². The SMILES string of the molecule is OB(O)c1cccc(-c2ccccc2-c2ccccc2-c2ccccc2-c2ccccc2)c1. The summed E-state index contributed by atoms with van der Waals surface area (Å²) >= 11 is 0. The molecule has 5 aromatic carbocycles. The Morgan fingerprint density at radius 3 is 1.27 bits per heavy atom. The van der Waals surface area contributed by atoms with E-state index in [0.717, 1.165) is 27.8 Å². The molecule has 0 unspecified atom stereocenters. The Labute approximate surface area is 194 Å². The highest BCUT2D eigenvalue weighted by Crippen LogP contribution is 2.41. The summed E-state index contributed by atoms with van der Waals surface area (Å²) in [6, 6.07) is 43.1. The van der Waals surface area contributed by atoms with Crippen LogP contribution < -0.4 is 5.46 Å². The molecule has 3 heteroatoms. The van der Waals surface area contributed by atoms with Crippen LogP contribution in [0.15, 0.2) is 127 Å². The molecule has 0 amide bonds. The predicted molar refractivity (Wildman–Crippen MR) is 138 cm³/mol. The van der Waals surface area contributed by atoms with Crippen LogP contribution in [0.2, 0.25) is 0 Å². The van der Waals surface area contributed by atoms with Gasteiger partial charge in [-0.25, -0.2) is 0 Å².